The van der Waals surface area contributed by atoms with Gasteiger partial charge in [0.1, 0.15) is 5.60 Å². The van der Waals surface area contributed by atoms with Gasteiger partial charge in [-0.3, -0.25) is 14.3 Å². The highest BCUT2D eigenvalue weighted by molar-refractivity contribution is 5.33. The fraction of sp³-hybridized carbons (Fsp3) is 0.524. The second-order valence-corrected chi connectivity index (χ2v) is 8.39. The van der Waals surface area contributed by atoms with Gasteiger partial charge in [-0.05, 0) is 38.2 Å². The number of aromatic amines is 1. The largest absolute Gasteiger partial charge is 0.472 e. The number of nitrogens with zero attached hydrogens (tertiary/aromatic N) is 1. The number of nitrogens with one attached hydrogen (secondary N) is 1. The van der Waals surface area contributed by atoms with E-state index in [0.717, 1.165) is 24.8 Å². The van der Waals surface area contributed by atoms with Gasteiger partial charge in [-0.1, -0.05) is 43.7 Å². The Balaban J connectivity index is 1.84. The summed E-state index contributed by atoms with van der Waals surface area (Å²) in [7, 11) is 0. The molecule has 26 heavy (non-hydrogen) atoms. The van der Waals surface area contributed by atoms with Gasteiger partial charge in [0.15, 0.2) is 0 Å². The van der Waals surface area contributed by atoms with Crippen LogP contribution in [-0.2, 0) is 6.54 Å². The lowest BCUT2D eigenvalue weighted by molar-refractivity contribution is -0.0191. The number of benzene rings is 1. The molecule has 2 aliphatic rings. The molecule has 1 N–H and O–H groups in total. The Bertz CT molecular complexity index is 927. The van der Waals surface area contributed by atoms with Crippen LogP contribution in [0.1, 0.15) is 57.1 Å². The van der Waals surface area contributed by atoms with Crippen LogP contribution < -0.4 is 16.0 Å². The van der Waals surface area contributed by atoms with Gasteiger partial charge in [0.25, 0.3) is 5.56 Å². The van der Waals surface area contributed by atoms with E-state index in [9.17, 15) is 9.59 Å². The van der Waals surface area contributed by atoms with Crippen LogP contribution in [0.4, 0.5) is 0 Å². The summed E-state index contributed by atoms with van der Waals surface area (Å²) in [6, 6.07) is 9.61. The average Bonchev–Trinajstić information content (AvgIpc) is 2.58. The first-order valence-electron chi connectivity index (χ1n) is 9.47. The van der Waals surface area contributed by atoms with Crippen LogP contribution in [0.2, 0.25) is 0 Å². The maximum absolute atomic E-state index is 13.3. The molecule has 0 amide bonds. The van der Waals surface area contributed by atoms with Gasteiger partial charge in [-0.15, -0.1) is 0 Å². The highest BCUT2D eigenvalue weighted by Gasteiger charge is 2.47. The first kappa shape index (κ1) is 17.1. The summed E-state index contributed by atoms with van der Waals surface area (Å²) in [5.74, 6) is 1.40. The van der Waals surface area contributed by atoms with E-state index in [1.54, 1.807) is 0 Å². The summed E-state index contributed by atoms with van der Waals surface area (Å²) >= 11 is 0. The Labute approximate surface area is 153 Å². The van der Waals surface area contributed by atoms with Gasteiger partial charge < -0.3 is 4.74 Å². The maximum Gasteiger partial charge on any atom is 0.331 e. The fourth-order valence-corrected chi connectivity index (χ4v) is 4.75. The molecule has 1 aliphatic heterocycles. The van der Waals surface area contributed by atoms with E-state index in [1.165, 1.54) is 4.57 Å². The minimum Gasteiger partial charge on any atom is -0.472 e. The van der Waals surface area contributed by atoms with Crippen molar-refractivity contribution < 1.29 is 4.74 Å². The third-order valence-electron chi connectivity index (χ3n) is 6.11. The van der Waals surface area contributed by atoms with Crippen molar-refractivity contribution in [1.29, 1.82) is 0 Å². The zero-order valence-corrected chi connectivity index (χ0v) is 15.6. The molecule has 1 aromatic heterocycles. The van der Waals surface area contributed by atoms with E-state index in [0.29, 0.717) is 23.3 Å². The zero-order chi connectivity index (χ0) is 18.5. The predicted octanol–water partition coefficient (Wildman–Crippen LogP) is 3.28. The highest BCUT2D eigenvalue weighted by Crippen LogP contribution is 2.50. The maximum atomic E-state index is 13.3. The van der Waals surface area contributed by atoms with Crippen molar-refractivity contribution in [1.82, 2.24) is 9.55 Å². The van der Waals surface area contributed by atoms with Crippen LogP contribution in [0.3, 0.4) is 0 Å². The number of hydrogen-bond donors (Lipinski definition) is 1. The van der Waals surface area contributed by atoms with Crippen molar-refractivity contribution in [2.45, 2.75) is 58.1 Å². The Morgan fingerprint density at radius 3 is 2.65 bits per heavy atom. The molecule has 1 aliphatic carbocycles. The molecule has 5 nitrogen and oxygen atoms in total. The molecule has 5 heteroatoms. The summed E-state index contributed by atoms with van der Waals surface area (Å²) in [4.78, 5) is 28.7. The molecule has 3 atom stereocenters. The van der Waals surface area contributed by atoms with Gasteiger partial charge in [0.05, 0.1) is 12.1 Å². The SMILES string of the molecule is C[C@@H]1CC[C@@H]2[C@@H](C1)c1c([nH]c(=O)n(Cc3ccccc3)c1=O)OC2(C)C. The summed E-state index contributed by atoms with van der Waals surface area (Å²) < 4.78 is 7.43. The predicted molar refractivity (Wildman–Crippen MR) is 101 cm³/mol. The van der Waals surface area contributed by atoms with Gasteiger partial charge >= 0.3 is 5.69 Å². The van der Waals surface area contributed by atoms with E-state index in [-0.39, 0.29) is 23.6 Å². The van der Waals surface area contributed by atoms with E-state index in [4.69, 9.17) is 4.74 Å². The molecular weight excluding hydrogens is 328 g/mol. The van der Waals surface area contributed by atoms with Gasteiger partial charge in [-0.2, -0.15) is 0 Å². The van der Waals surface area contributed by atoms with Crippen LogP contribution in [0, 0.1) is 11.8 Å². The van der Waals surface area contributed by atoms with Crippen molar-refractivity contribution >= 4 is 0 Å². The molecule has 0 spiro atoms. The van der Waals surface area contributed by atoms with E-state index in [2.05, 4.69) is 25.8 Å². The Hall–Kier alpha value is -2.30. The Morgan fingerprint density at radius 1 is 1.19 bits per heavy atom. The number of aromatic nitrogens is 2. The van der Waals surface area contributed by atoms with Gasteiger partial charge in [-0.25, -0.2) is 4.79 Å². The molecule has 0 unspecified atom stereocenters. The normalized spacial score (nSPS) is 26.5. The molecule has 0 bridgehead atoms. The second kappa shape index (κ2) is 6.15. The quantitative estimate of drug-likeness (QED) is 0.900. The molecule has 1 saturated carbocycles. The van der Waals surface area contributed by atoms with Gasteiger partial charge in [0.2, 0.25) is 5.88 Å². The number of ether oxygens (including phenoxy) is 1. The minimum absolute atomic E-state index is 0.142. The standard InChI is InChI=1S/C21H26N2O3/c1-13-9-10-16-15(11-13)17-18(26-21(16,2)3)22-20(25)23(19(17)24)12-14-7-5-4-6-8-14/h4-8,13,15-16H,9-12H2,1-3H3,(H,22,25)/t13-,15-,16-/m1/s1. The molecule has 4 rings (SSSR count). The van der Waals surface area contributed by atoms with Crippen LogP contribution >= 0.6 is 0 Å². The number of fused-ring (bicyclic) bond motifs is 3. The van der Waals surface area contributed by atoms with Crippen molar-refractivity contribution in [3.63, 3.8) is 0 Å². The summed E-state index contributed by atoms with van der Waals surface area (Å²) in [6.07, 6.45) is 3.18. The molecule has 1 aromatic carbocycles. The summed E-state index contributed by atoms with van der Waals surface area (Å²) in [6.45, 7) is 6.65. The topological polar surface area (TPSA) is 64.1 Å². The van der Waals surface area contributed by atoms with Gasteiger partial charge in [0, 0.05) is 11.8 Å². The van der Waals surface area contributed by atoms with Crippen LogP contribution in [0.15, 0.2) is 39.9 Å². The molecule has 1 fully saturated rings. The van der Waals surface area contributed by atoms with Crippen LogP contribution in [0.25, 0.3) is 0 Å². The smallest absolute Gasteiger partial charge is 0.331 e. The van der Waals surface area contributed by atoms with Crippen LogP contribution in [0.5, 0.6) is 5.88 Å². The number of hydrogen-bond acceptors (Lipinski definition) is 3. The second-order valence-electron chi connectivity index (χ2n) is 8.39. The summed E-state index contributed by atoms with van der Waals surface area (Å²) in [5, 5.41) is 0. The Kier molecular flexibility index (Phi) is 4.05. The Morgan fingerprint density at radius 2 is 1.92 bits per heavy atom. The third kappa shape index (κ3) is 2.79. The lowest BCUT2D eigenvalue weighted by Gasteiger charge is -2.47. The number of H-pyrrole nitrogens is 1. The first-order chi connectivity index (χ1) is 12.4. The van der Waals surface area contributed by atoms with E-state index in [1.807, 2.05) is 30.3 Å². The third-order valence-corrected chi connectivity index (χ3v) is 6.11. The van der Waals surface area contributed by atoms with E-state index >= 15 is 0 Å². The lowest BCUT2D eigenvalue weighted by atomic mass is 9.65. The van der Waals surface area contributed by atoms with Crippen LogP contribution in [-0.4, -0.2) is 15.2 Å². The van der Waals surface area contributed by atoms with Crippen molar-refractivity contribution in [3.8, 4) is 5.88 Å². The van der Waals surface area contributed by atoms with Crippen molar-refractivity contribution in [3.05, 3.63) is 62.3 Å². The average molecular weight is 354 g/mol. The number of rotatable bonds is 2. The molecule has 0 radical (unpaired) electrons. The monoisotopic (exact) mass is 354 g/mol. The molecule has 2 aromatic rings. The molecule has 138 valence electrons. The lowest BCUT2D eigenvalue weighted by Crippen LogP contribution is -2.51. The molecular formula is C21H26N2O3. The molecule has 0 saturated heterocycles. The van der Waals surface area contributed by atoms with Crippen molar-refractivity contribution in [2.24, 2.45) is 11.8 Å². The first-order valence-corrected chi connectivity index (χ1v) is 9.47. The molecule has 2 heterocycles. The summed E-state index contributed by atoms with van der Waals surface area (Å²) in [5.41, 5.74) is 0.615. The fourth-order valence-electron chi connectivity index (χ4n) is 4.75. The van der Waals surface area contributed by atoms with Crippen molar-refractivity contribution in [2.75, 3.05) is 0 Å². The highest BCUT2D eigenvalue weighted by atomic mass is 16.5. The zero-order valence-electron chi connectivity index (χ0n) is 15.6. The van der Waals surface area contributed by atoms with E-state index < -0.39 is 5.69 Å². The minimum atomic E-state index is -0.407.